The molecule has 1 N–H and O–H groups in total. The van der Waals surface area contributed by atoms with Crippen molar-refractivity contribution in [2.24, 2.45) is 7.05 Å². The van der Waals surface area contributed by atoms with Crippen LogP contribution in [0.2, 0.25) is 0 Å². The number of hydrogen-bond donors (Lipinski definition) is 1. The number of halogens is 1. The Morgan fingerprint density at radius 2 is 2.03 bits per heavy atom. The third-order valence-corrected chi connectivity index (χ3v) is 6.12. The molecule has 1 fully saturated rings. The highest BCUT2D eigenvalue weighted by Gasteiger charge is 2.21. The standard InChI is InChI=1S/C23H23BrN6O/c1-29-7-6-18(14-29)31-19-9-15(16-11-26-30(2)13-16)8-17(10-19)27-23-25-12-20-21(24)4-3-5-22(20)28-23/h3-5,8-13,18H,6-7,14H2,1-2H3,(H,25,27,28)/t18-/m0/s1. The molecule has 2 aromatic heterocycles. The molecule has 0 unspecified atom stereocenters. The van der Waals surface area contributed by atoms with Gasteiger partial charge in [-0.1, -0.05) is 22.0 Å². The summed E-state index contributed by atoms with van der Waals surface area (Å²) in [5.74, 6) is 1.37. The van der Waals surface area contributed by atoms with Gasteiger partial charge in [-0.15, -0.1) is 0 Å². The normalized spacial score (nSPS) is 16.7. The smallest absolute Gasteiger partial charge is 0.227 e. The average molecular weight is 479 g/mol. The molecule has 0 radical (unpaired) electrons. The lowest BCUT2D eigenvalue weighted by Gasteiger charge is -2.16. The Labute approximate surface area is 189 Å². The van der Waals surface area contributed by atoms with Gasteiger partial charge in [0.2, 0.25) is 5.95 Å². The molecule has 4 aromatic rings. The second-order valence-corrected chi connectivity index (χ2v) is 8.79. The zero-order valence-electron chi connectivity index (χ0n) is 17.4. The van der Waals surface area contributed by atoms with Crippen LogP contribution in [0.5, 0.6) is 5.75 Å². The van der Waals surface area contributed by atoms with Crippen LogP contribution in [0.3, 0.4) is 0 Å². The molecule has 1 aliphatic rings. The van der Waals surface area contributed by atoms with E-state index in [4.69, 9.17) is 4.74 Å². The number of benzene rings is 2. The largest absolute Gasteiger partial charge is 0.489 e. The van der Waals surface area contributed by atoms with E-state index < -0.39 is 0 Å². The molecular formula is C23H23BrN6O. The van der Waals surface area contributed by atoms with Gasteiger partial charge in [-0.25, -0.2) is 9.97 Å². The van der Waals surface area contributed by atoms with E-state index in [2.05, 4.69) is 60.4 Å². The lowest BCUT2D eigenvalue weighted by Crippen LogP contribution is -2.21. The van der Waals surface area contributed by atoms with Gasteiger partial charge in [-0.3, -0.25) is 4.68 Å². The molecule has 1 aliphatic heterocycles. The first kappa shape index (κ1) is 20.0. The van der Waals surface area contributed by atoms with Gasteiger partial charge < -0.3 is 15.0 Å². The van der Waals surface area contributed by atoms with Gasteiger partial charge >= 0.3 is 0 Å². The Balaban J connectivity index is 1.48. The van der Waals surface area contributed by atoms with Crippen molar-refractivity contribution >= 4 is 38.5 Å². The molecule has 8 heteroatoms. The highest BCUT2D eigenvalue weighted by molar-refractivity contribution is 9.10. The zero-order chi connectivity index (χ0) is 21.4. The quantitative estimate of drug-likeness (QED) is 0.451. The molecule has 7 nitrogen and oxygen atoms in total. The SMILES string of the molecule is CN1CC[C@H](Oc2cc(Nc3ncc4c(Br)cccc4n3)cc(-c3cnn(C)c3)c2)C1. The van der Waals surface area contributed by atoms with Gasteiger partial charge in [-0.05, 0) is 43.3 Å². The van der Waals surface area contributed by atoms with Crippen LogP contribution in [0.1, 0.15) is 6.42 Å². The Morgan fingerprint density at radius 1 is 1.13 bits per heavy atom. The number of ether oxygens (including phenoxy) is 1. The first-order valence-electron chi connectivity index (χ1n) is 10.2. The molecule has 0 aliphatic carbocycles. The van der Waals surface area contributed by atoms with Gasteiger partial charge in [0.15, 0.2) is 0 Å². The predicted molar refractivity (Wildman–Crippen MR) is 126 cm³/mol. The van der Waals surface area contributed by atoms with E-state index in [1.165, 1.54) is 0 Å². The van der Waals surface area contributed by atoms with E-state index in [1.54, 1.807) is 4.68 Å². The van der Waals surface area contributed by atoms with Crippen molar-refractivity contribution in [2.75, 3.05) is 25.5 Å². The van der Waals surface area contributed by atoms with E-state index in [1.807, 2.05) is 49.9 Å². The fraction of sp³-hybridized carbons (Fsp3) is 0.261. The molecule has 0 amide bonds. The second-order valence-electron chi connectivity index (χ2n) is 7.93. The average Bonchev–Trinajstić information content (AvgIpc) is 3.36. The fourth-order valence-electron chi connectivity index (χ4n) is 3.87. The lowest BCUT2D eigenvalue weighted by atomic mass is 10.1. The van der Waals surface area contributed by atoms with Gasteiger partial charge in [0, 0.05) is 59.7 Å². The molecule has 0 saturated carbocycles. The van der Waals surface area contributed by atoms with Gasteiger partial charge in [0.25, 0.3) is 0 Å². The number of nitrogens with one attached hydrogen (secondary N) is 1. The molecule has 0 bridgehead atoms. The van der Waals surface area contributed by atoms with Crippen LogP contribution in [-0.4, -0.2) is 50.9 Å². The highest BCUT2D eigenvalue weighted by atomic mass is 79.9. The summed E-state index contributed by atoms with van der Waals surface area (Å²) in [6.07, 6.45) is 6.90. The zero-order valence-corrected chi connectivity index (χ0v) is 19.0. The summed E-state index contributed by atoms with van der Waals surface area (Å²) in [5.41, 5.74) is 3.81. The van der Waals surface area contributed by atoms with Gasteiger partial charge in [0.1, 0.15) is 11.9 Å². The number of rotatable bonds is 5. The number of aromatic nitrogens is 4. The number of fused-ring (bicyclic) bond motifs is 1. The molecule has 0 spiro atoms. The van der Waals surface area contributed by atoms with Gasteiger partial charge in [0.05, 0.1) is 11.7 Å². The summed E-state index contributed by atoms with van der Waals surface area (Å²) in [4.78, 5) is 11.4. The number of likely N-dealkylation sites (N-methyl/N-ethyl adjacent to an activating group) is 1. The van der Waals surface area contributed by atoms with Crippen LogP contribution < -0.4 is 10.1 Å². The Hall–Kier alpha value is -2.97. The van der Waals surface area contributed by atoms with Crippen LogP contribution in [0.4, 0.5) is 11.6 Å². The summed E-state index contributed by atoms with van der Waals surface area (Å²) in [7, 11) is 4.04. The summed E-state index contributed by atoms with van der Waals surface area (Å²) in [6.45, 7) is 1.99. The van der Waals surface area contributed by atoms with Crippen molar-refractivity contribution in [1.82, 2.24) is 24.6 Å². The van der Waals surface area contributed by atoms with Crippen LogP contribution >= 0.6 is 15.9 Å². The summed E-state index contributed by atoms with van der Waals surface area (Å²) in [6, 6.07) is 12.1. The maximum Gasteiger partial charge on any atom is 0.227 e. The number of aryl methyl sites for hydroxylation is 1. The third kappa shape index (κ3) is 4.40. The topological polar surface area (TPSA) is 68.1 Å². The van der Waals surface area contributed by atoms with E-state index in [0.29, 0.717) is 5.95 Å². The molecule has 3 heterocycles. The minimum atomic E-state index is 0.191. The summed E-state index contributed by atoms with van der Waals surface area (Å²) in [5, 5.41) is 8.64. The lowest BCUT2D eigenvalue weighted by molar-refractivity contribution is 0.208. The van der Waals surface area contributed by atoms with Crippen LogP contribution in [0, 0.1) is 0 Å². The Morgan fingerprint density at radius 3 is 2.81 bits per heavy atom. The molecule has 1 saturated heterocycles. The first-order valence-corrected chi connectivity index (χ1v) is 11.0. The van der Waals surface area contributed by atoms with Gasteiger partial charge in [-0.2, -0.15) is 5.10 Å². The number of likely N-dealkylation sites (tertiary alicyclic amines) is 1. The predicted octanol–water partition coefficient (Wildman–Crippen LogP) is 4.62. The van der Waals surface area contributed by atoms with E-state index >= 15 is 0 Å². The van der Waals surface area contributed by atoms with Crippen molar-refractivity contribution < 1.29 is 4.74 Å². The minimum Gasteiger partial charge on any atom is -0.489 e. The van der Waals surface area contributed by atoms with Crippen LogP contribution in [-0.2, 0) is 7.05 Å². The van der Waals surface area contributed by atoms with Crippen LogP contribution in [0.15, 0.2) is 59.5 Å². The molecule has 31 heavy (non-hydrogen) atoms. The highest BCUT2D eigenvalue weighted by Crippen LogP contribution is 2.31. The van der Waals surface area contributed by atoms with E-state index in [9.17, 15) is 0 Å². The molecule has 1 atom stereocenters. The Bertz CT molecular complexity index is 1240. The number of anilines is 2. The van der Waals surface area contributed by atoms with E-state index in [0.717, 1.165) is 57.4 Å². The molecular weight excluding hydrogens is 456 g/mol. The molecule has 5 rings (SSSR count). The molecule has 2 aromatic carbocycles. The number of nitrogens with zero attached hydrogens (tertiary/aromatic N) is 5. The fourth-order valence-corrected chi connectivity index (χ4v) is 4.33. The van der Waals surface area contributed by atoms with Crippen molar-refractivity contribution in [3.63, 3.8) is 0 Å². The second kappa shape index (κ2) is 8.28. The summed E-state index contributed by atoms with van der Waals surface area (Å²) < 4.78 is 9.10. The van der Waals surface area contributed by atoms with Crippen molar-refractivity contribution in [3.05, 3.63) is 59.5 Å². The van der Waals surface area contributed by atoms with E-state index in [-0.39, 0.29) is 6.10 Å². The molecule has 158 valence electrons. The van der Waals surface area contributed by atoms with Crippen LogP contribution in [0.25, 0.3) is 22.0 Å². The Kier molecular flexibility index (Phi) is 5.33. The summed E-state index contributed by atoms with van der Waals surface area (Å²) >= 11 is 3.55. The van der Waals surface area contributed by atoms with Crippen molar-refractivity contribution in [2.45, 2.75) is 12.5 Å². The van der Waals surface area contributed by atoms with Crippen molar-refractivity contribution in [1.29, 1.82) is 0 Å². The maximum atomic E-state index is 6.32. The minimum absolute atomic E-state index is 0.191. The third-order valence-electron chi connectivity index (χ3n) is 5.42. The number of hydrogen-bond acceptors (Lipinski definition) is 6. The van der Waals surface area contributed by atoms with Crippen molar-refractivity contribution in [3.8, 4) is 16.9 Å². The monoisotopic (exact) mass is 478 g/mol. The maximum absolute atomic E-state index is 6.32. The first-order chi connectivity index (χ1) is 15.0.